The monoisotopic (exact) mass is 360 g/mol. The summed E-state index contributed by atoms with van der Waals surface area (Å²) in [5.41, 5.74) is 0. The van der Waals surface area contributed by atoms with Crippen LogP contribution < -0.4 is 0 Å². The molecule has 2 aliphatic heterocycles. The van der Waals surface area contributed by atoms with Crippen molar-refractivity contribution < 1.29 is 38.0 Å². The zero-order valence-corrected chi connectivity index (χ0v) is 15.4. The Balaban J connectivity index is 1.50. The summed E-state index contributed by atoms with van der Waals surface area (Å²) in [4.78, 5) is 23.3. The molecule has 0 amide bonds. The molecular weight excluding hydrogens is 332 g/mol. The van der Waals surface area contributed by atoms with Gasteiger partial charge in [-0.15, -0.1) is 0 Å². The number of hydrogen-bond acceptors (Lipinski definition) is 8. The number of esters is 2. The minimum Gasteiger partial charge on any atom is -0.463 e. The number of carbonyl (C=O) groups excluding carboxylic acids is 2. The number of hydrogen-bond donors (Lipinski definition) is 0. The first-order chi connectivity index (χ1) is 11.7. The van der Waals surface area contributed by atoms with E-state index in [-0.39, 0.29) is 50.2 Å². The Morgan fingerprint density at radius 1 is 0.840 bits per heavy atom. The molecule has 25 heavy (non-hydrogen) atoms. The molecule has 0 aromatic carbocycles. The second kappa shape index (κ2) is 8.44. The second-order valence-electron chi connectivity index (χ2n) is 7.12. The van der Waals surface area contributed by atoms with E-state index in [1.165, 1.54) is 0 Å². The van der Waals surface area contributed by atoms with Crippen molar-refractivity contribution in [2.45, 2.75) is 70.7 Å². The van der Waals surface area contributed by atoms with Crippen molar-refractivity contribution in [2.24, 2.45) is 0 Å². The Labute approximate surface area is 148 Å². The van der Waals surface area contributed by atoms with Gasteiger partial charge in [-0.3, -0.25) is 9.59 Å². The van der Waals surface area contributed by atoms with Crippen LogP contribution in [0.1, 0.15) is 47.0 Å². The van der Waals surface area contributed by atoms with E-state index in [0.29, 0.717) is 19.6 Å². The summed E-state index contributed by atoms with van der Waals surface area (Å²) in [5, 5.41) is 0. The highest BCUT2D eigenvalue weighted by Gasteiger charge is 2.34. The normalized spacial score (nSPS) is 27.2. The van der Waals surface area contributed by atoms with Crippen LogP contribution in [0.15, 0.2) is 0 Å². The molecule has 0 aromatic heterocycles. The van der Waals surface area contributed by atoms with Gasteiger partial charge in [0.2, 0.25) is 0 Å². The van der Waals surface area contributed by atoms with Gasteiger partial charge in [0.15, 0.2) is 11.6 Å². The summed E-state index contributed by atoms with van der Waals surface area (Å²) in [6, 6.07) is 0. The highest BCUT2D eigenvalue weighted by molar-refractivity contribution is 5.72. The van der Waals surface area contributed by atoms with E-state index < -0.39 is 11.6 Å². The molecule has 8 nitrogen and oxygen atoms in total. The molecule has 2 aliphatic rings. The minimum absolute atomic E-state index is 0.154. The van der Waals surface area contributed by atoms with E-state index in [0.717, 1.165) is 0 Å². The van der Waals surface area contributed by atoms with Crippen LogP contribution in [0.3, 0.4) is 0 Å². The third kappa shape index (κ3) is 7.27. The third-order valence-corrected chi connectivity index (χ3v) is 3.76. The average molecular weight is 360 g/mol. The van der Waals surface area contributed by atoms with Crippen LogP contribution in [0, 0.1) is 0 Å². The van der Waals surface area contributed by atoms with Crippen LogP contribution >= 0.6 is 0 Å². The summed E-state index contributed by atoms with van der Waals surface area (Å²) < 4.78 is 32.1. The minimum atomic E-state index is -0.635. The zero-order chi connectivity index (χ0) is 18.5. The fourth-order valence-corrected chi connectivity index (χ4v) is 2.58. The lowest BCUT2D eigenvalue weighted by molar-refractivity contribution is -0.160. The van der Waals surface area contributed by atoms with E-state index in [4.69, 9.17) is 28.4 Å². The van der Waals surface area contributed by atoms with Gasteiger partial charge in [-0.05, 0) is 34.1 Å². The predicted molar refractivity (Wildman–Crippen MR) is 85.6 cm³/mol. The van der Waals surface area contributed by atoms with Crippen LogP contribution in [0.25, 0.3) is 0 Å². The molecule has 0 saturated carbocycles. The maximum absolute atomic E-state index is 11.7. The van der Waals surface area contributed by atoms with Gasteiger partial charge in [0.1, 0.15) is 25.4 Å². The maximum atomic E-state index is 11.7. The van der Waals surface area contributed by atoms with Crippen molar-refractivity contribution >= 4 is 11.9 Å². The van der Waals surface area contributed by atoms with Gasteiger partial charge < -0.3 is 28.4 Å². The lowest BCUT2D eigenvalue weighted by atomic mass is 10.2. The van der Waals surface area contributed by atoms with Crippen molar-refractivity contribution in [1.82, 2.24) is 0 Å². The SMILES string of the molecule is CC1(C)OCC(COC(=O)CCCC(=O)OCC2COC(C)(C)O2)O1. The molecule has 2 fully saturated rings. The van der Waals surface area contributed by atoms with Crippen LogP contribution in [-0.4, -0.2) is 62.1 Å². The molecule has 2 saturated heterocycles. The van der Waals surface area contributed by atoms with Crippen LogP contribution in [-0.2, 0) is 38.0 Å². The van der Waals surface area contributed by atoms with Crippen LogP contribution in [0.5, 0.6) is 0 Å². The molecule has 0 N–H and O–H groups in total. The number of rotatable bonds is 8. The summed E-state index contributed by atoms with van der Waals surface area (Å²) in [7, 11) is 0. The molecule has 0 aliphatic carbocycles. The van der Waals surface area contributed by atoms with Gasteiger partial charge >= 0.3 is 11.9 Å². The Bertz CT molecular complexity index is 431. The van der Waals surface area contributed by atoms with Crippen molar-refractivity contribution in [3.05, 3.63) is 0 Å². The maximum Gasteiger partial charge on any atom is 0.305 e. The quantitative estimate of drug-likeness (QED) is 0.602. The number of carbonyl (C=O) groups is 2. The second-order valence-corrected chi connectivity index (χ2v) is 7.12. The highest BCUT2D eigenvalue weighted by Crippen LogP contribution is 2.23. The van der Waals surface area contributed by atoms with E-state index in [1.54, 1.807) is 0 Å². The van der Waals surface area contributed by atoms with Gasteiger partial charge in [-0.25, -0.2) is 0 Å². The molecule has 2 rings (SSSR count). The lowest BCUT2D eigenvalue weighted by Crippen LogP contribution is -2.25. The summed E-state index contributed by atoms with van der Waals surface area (Å²) in [5.74, 6) is -2.00. The smallest absolute Gasteiger partial charge is 0.305 e. The van der Waals surface area contributed by atoms with Gasteiger partial charge in [-0.1, -0.05) is 0 Å². The Kier molecular flexibility index (Phi) is 6.79. The molecular formula is C17H28O8. The third-order valence-electron chi connectivity index (χ3n) is 3.76. The van der Waals surface area contributed by atoms with E-state index >= 15 is 0 Å². The van der Waals surface area contributed by atoms with Gasteiger partial charge in [0, 0.05) is 12.8 Å². The average Bonchev–Trinajstić information content (AvgIpc) is 3.04. The molecule has 2 unspecified atom stereocenters. The molecule has 0 aromatic rings. The Hall–Kier alpha value is -1.22. The molecule has 0 radical (unpaired) electrons. The molecule has 2 heterocycles. The van der Waals surface area contributed by atoms with Crippen LogP contribution in [0.2, 0.25) is 0 Å². The standard InChI is InChI=1S/C17H28O8/c1-16(2)22-10-12(24-16)8-20-14(18)6-5-7-15(19)21-9-13-11-23-17(3,4)25-13/h12-13H,5-11H2,1-4H3. The molecule has 0 spiro atoms. The van der Waals surface area contributed by atoms with Crippen molar-refractivity contribution in [1.29, 1.82) is 0 Å². The fraction of sp³-hybridized carbons (Fsp3) is 0.882. The van der Waals surface area contributed by atoms with Crippen molar-refractivity contribution in [3.63, 3.8) is 0 Å². The summed E-state index contributed by atoms with van der Waals surface area (Å²) in [6.07, 6.45) is 0.187. The van der Waals surface area contributed by atoms with E-state index in [2.05, 4.69) is 0 Å². The first kappa shape index (κ1) is 20.1. The summed E-state index contributed by atoms with van der Waals surface area (Å²) in [6.45, 7) is 8.35. The molecule has 0 bridgehead atoms. The van der Waals surface area contributed by atoms with Gasteiger partial charge in [0.25, 0.3) is 0 Å². The lowest BCUT2D eigenvalue weighted by Gasteiger charge is -2.17. The van der Waals surface area contributed by atoms with Crippen LogP contribution in [0.4, 0.5) is 0 Å². The van der Waals surface area contributed by atoms with Crippen molar-refractivity contribution in [3.8, 4) is 0 Å². The largest absolute Gasteiger partial charge is 0.463 e. The van der Waals surface area contributed by atoms with Gasteiger partial charge in [0.05, 0.1) is 13.2 Å². The fourth-order valence-electron chi connectivity index (χ4n) is 2.58. The number of ether oxygens (including phenoxy) is 6. The Morgan fingerprint density at radius 3 is 1.56 bits per heavy atom. The van der Waals surface area contributed by atoms with E-state index in [9.17, 15) is 9.59 Å². The van der Waals surface area contributed by atoms with Crippen molar-refractivity contribution in [2.75, 3.05) is 26.4 Å². The Morgan fingerprint density at radius 2 is 1.24 bits per heavy atom. The molecule has 2 atom stereocenters. The highest BCUT2D eigenvalue weighted by atomic mass is 16.8. The first-order valence-corrected chi connectivity index (χ1v) is 8.60. The predicted octanol–water partition coefficient (Wildman–Crippen LogP) is 1.55. The van der Waals surface area contributed by atoms with Gasteiger partial charge in [-0.2, -0.15) is 0 Å². The van der Waals surface area contributed by atoms with E-state index in [1.807, 2.05) is 27.7 Å². The zero-order valence-electron chi connectivity index (χ0n) is 15.4. The topological polar surface area (TPSA) is 89.5 Å². The molecule has 8 heteroatoms. The first-order valence-electron chi connectivity index (χ1n) is 8.60. The summed E-state index contributed by atoms with van der Waals surface area (Å²) >= 11 is 0. The molecule has 144 valence electrons.